The van der Waals surface area contributed by atoms with Crippen molar-refractivity contribution in [2.75, 3.05) is 24.7 Å². The topological polar surface area (TPSA) is 131 Å². The number of aliphatic hydroxyl groups is 2. The number of anilines is 2. The SMILES string of the molecule is CNc1ncnc2c1ccn2C1CC2(COC(c3ccc4cc(Br)c(N)nc4c3)C2)C(O)C1O. The van der Waals surface area contributed by atoms with Gasteiger partial charge in [0, 0.05) is 24.0 Å². The molecule has 0 radical (unpaired) electrons. The summed E-state index contributed by atoms with van der Waals surface area (Å²) < 4.78 is 8.92. The summed E-state index contributed by atoms with van der Waals surface area (Å²) in [4.78, 5) is 13.2. The van der Waals surface area contributed by atoms with E-state index in [1.54, 1.807) is 0 Å². The number of hydrogen-bond acceptors (Lipinski definition) is 8. The highest BCUT2D eigenvalue weighted by molar-refractivity contribution is 9.10. The summed E-state index contributed by atoms with van der Waals surface area (Å²) in [6.45, 7) is 0.371. The number of hydrogen-bond donors (Lipinski definition) is 4. The molecule has 5 unspecified atom stereocenters. The second-order valence-electron chi connectivity index (χ2n) is 9.31. The molecule has 0 amide bonds. The zero-order chi connectivity index (χ0) is 23.6. The van der Waals surface area contributed by atoms with Gasteiger partial charge in [-0.05, 0) is 52.5 Å². The van der Waals surface area contributed by atoms with E-state index in [0.717, 1.165) is 37.8 Å². The number of rotatable bonds is 3. The maximum atomic E-state index is 11.2. The third kappa shape index (κ3) is 3.20. The molecular weight excluding hydrogens is 500 g/mol. The van der Waals surface area contributed by atoms with E-state index in [4.69, 9.17) is 10.5 Å². The van der Waals surface area contributed by atoms with Crippen LogP contribution >= 0.6 is 15.9 Å². The number of fused-ring (bicyclic) bond motifs is 2. The molecule has 10 heteroatoms. The van der Waals surface area contributed by atoms with Crippen LogP contribution in [0.3, 0.4) is 0 Å². The summed E-state index contributed by atoms with van der Waals surface area (Å²) in [5, 5.41) is 27.2. The van der Waals surface area contributed by atoms with E-state index in [0.29, 0.717) is 25.3 Å². The lowest BCUT2D eigenvalue weighted by atomic mass is 9.80. The summed E-state index contributed by atoms with van der Waals surface area (Å²) in [6.07, 6.45) is 2.57. The van der Waals surface area contributed by atoms with Gasteiger partial charge in [0.25, 0.3) is 0 Å². The van der Waals surface area contributed by atoms with Crippen LogP contribution in [0.2, 0.25) is 0 Å². The maximum absolute atomic E-state index is 11.2. The van der Waals surface area contributed by atoms with Crippen molar-refractivity contribution in [3.8, 4) is 0 Å². The first kappa shape index (κ1) is 21.7. The zero-order valence-corrected chi connectivity index (χ0v) is 20.1. The quantitative estimate of drug-likeness (QED) is 0.321. The Morgan fingerprint density at radius 2 is 2.06 bits per heavy atom. The van der Waals surface area contributed by atoms with Crippen LogP contribution in [0.4, 0.5) is 11.6 Å². The molecule has 1 aliphatic carbocycles. The van der Waals surface area contributed by atoms with Crippen molar-refractivity contribution >= 4 is 49.5 Å². The number of halogens is 1. The number of ether oxygens (including phenoxy) is 1. The van der Waals surface area contributed by atoms with Gasteiger partial charge in [-0.3, -0.25) is 0 Å². The fourth-order valence-electron chi connectivity index (χ4n) is 5.62. The number of nitrogens with zero attached hydrogens (tertiary/aromatic N) is 4. The Kier molecular flexibility index (Phi) is 5.03. The van der Waals surface area contributed by atoms with Crippen LogP contribution in [0.25, 0.3) is 21.9 Å². The van der Waals surface area contributed by atoms with Crippen LogP contribution in [-0.2, 0) is 4.74 Å². The van der Waals surface area contributed by atoms with E-state index in [2.05, 4.69) is 36.2 Å². The minimum atomic E-state index is -0.929. The van der Waals surface area contributed by atoms with E-state index in [1.807, 2.05) is 48.1 Å². The molecule has 3 aromatic heterocycles. The maximum Gasteiger partial charge on any atom is 0.145 e. The fourth-order valence-corrected chi connectivity index (χ4v) is 5.96. The predicted octanol–water partition coefficient (Wildman–Crippen LogP) is 3.18. The molecule has 176 valence electrons. The molecule has 1 aromatic carbocycles. The van der Waals surface area contributed by atoms with Gasteiger partial charge >= 0.3 is 0 Å². The summed E-state index contributed by atoms with van der Waals surface area (Å²) >= 11 is 3.42. The minimum absolute atomic E-state index is 0.198. The molecular formula is C24H25BrN6O3. The Morgan fingerprint density at radius 1 is 1.21 bits per heavy atom. The number of aliphatic hydroxyl groups excluding tert-OH is 2. The van der Waals surface area contributed by atoms with Crippen molar-refractivity contribution in [3.05, 3.63) is 52.9 Å². The van der Waals surface area contributed by atoms with Crippen LogP contribution in [0.5, 0.6) is 0 Å². The Bertz CT molecular complexity index is 1410. The first-order chi connectivity index (χ1) is 16.4. The molecule has 2 fully saturated rings. The van der Waals surface area contributed by atoms with Crippen molar-refractivity contribution < 1.29 is 14.9 Å². The average molecular weight is 525 g/mol. The van der Waals surface area contributed by atoms with E-state index in [1.165, 1.54) is 6.33 Å². The Hall–Kier alpha value is -2.79. The standard InChI is InChI=1S/C24H25BrN6O3/c1-27-22-14-4-5-31(23(14)29-11-28-22)17-8-24(20(33)19(17)32)9-18(34-10-24)13-3-2-12-6-15(25)21(26)30-16(12)7-13/h2-7,11,17-20,32-33H,8-10H2,1H3,(H2,26,30)(H,27,28,29). The van der Waals surface area contributed by atoms with Crippen LogP contribution in [0.15, 0.2) is 47.3 Å². The number of nitrogens with two attached hydrogens (primary N) is 1. The highest BCUT2D eigenvalue weighted by Gasteiger charge is 2.57. The van der Waals surface area contributed by atoms with Crippen LogP contribution in [0.1, 0.15) is 30.6 Å². The third-order valence-electron chi connectivity index (χ3n) is 7.42. The summed E-state index contributed by atoms with van der Waals surface area (Å²) in [5.41, 5.74) is 7.94. The van der Waals surface area contributed by atoms with Gasteiger partial charge in [0.1, 0.15) is 29.7 Å². The van der Waals surface area contributed by atoms with Crippen molar-refractivity contribution in [1.29, 1.82) is 0 Å². The molecule has 2 aliphatic rings. The van der Waals surface area contributed by atoms with Gasteiger partial charge in [-0.15, -0.1) is 0 Å². The number of nitrogen functional groups attached to an aromatic ring is 1. The lowest BCUT2D eigenvalue weighted by Gasteiger charge is -2.26. The number of nitrogens with one attached hydrogen (secondary N) is 1. The first-order valence-electron chi connectivity index (χ1n) is 11.2. The van der Waals surface area contributed by atoms with E-state index < -0.39 is 17.6 Å². The highest BCUT2D eigenvalue weighted by Crippen LogP contribution is 2.55. The molecule has 9 nitrogen and oxygen atoms in total. The lowest BCUT2D eigenvalue weighted by molar-refractivity contribution is -0.0309. The molecule has 6 rings (SSSR count). The summed E-state index contributed by atoms with van der Waals surface area (Å²) in [5.74, 6) is 1.17. The van der Waals surface area contributed by atoms with Crippen molar-refractivity contribution in [2.45, 2.75) is 37.2 Å². The minimum Gasteiger partial charge on any atom is -0.390 e. The molecule has 4 aromatic rings. The Balaban J connectivity index is 1.30. The van der Waals surface area contributed by atoms with Gasteiger partial charge in [0.15, 0.2) is 0 Å². The van der Waals surface area contributed by atoms with Gasteiger partial charge in [-0.25, -0.2) is 15.0 Å². The molecule has 34 heavy (non-hydrogen) atoms. The molecule has 1 aliphatic heterocycles. The molecule has 1 saturated heterocycles. The van der Waals surface area contributed by atoms with E-state index >= 15 is 0 Å². The molecule has 1 saturated carbocycles. The number of aromatic nitrogens is 4. The van der Waals surface area contributed by atoms with E-state index in [-0.39, 0.29) is 12.1 Å². The monoisotopic (exact) mass is 524 g/mol. The van der Waals surface area contributed by atoms with Crippen molar-refractivity contribution in [3.63, 3.8) is 0 Å². The molecule has 5 atom stereocenters. The van der Waals surface area contributed by atoms with Crippen molar-refractivity contribution in [1.82, 2.24) is 19.5 Å². The second kappa shape index (κ2) is 7.88. The average Bonchev–Trinajstić information content (AvgIpc) is 3.53. The molecule has 5 N–H and O–H groups in total. The Morgan fingerprint density at radius 3 is 2.88 bits per heavy atom. The van der Waals surface area contributed by atoms with E-state index in [9.17, 15) is 10.2 Å². The first-order valence-corrected chi connectivity index (χ1v) is 12.0. The van der Waals surface area contributed by atoms with Crippen molar-refractivity contribution in [2.24, 2.45) is 5.41 Å². The predicted molar refractivity (Wildman–Crippen MR) is 132 cm³/mol. The Labute approximate surface area is 204 Å². The van der Waals surface area contributed by atoms with Crippen LogP contribution in [-0.4, -0.2) is 55.6 Å². The third-order valence-corrected chi connectivity index (χ3v) is 8.06. The van der Waals surface area contributed by atoms with Gasteiger partial charge in [0.05, 0.1) is 40.2 Å². The zero-order valence-electron chi connectivity index (χ0n) is 18.5. The molecule has 4 heterocycles. The van der Waals surface area contributed by atoms with Crippen LogP contribution < -0.4 is 11.1 Å². The lowest BCUT2D eigenvalue weighted by Crippen LogP contribution is -2.37. The summed E-state index contributed by atoms with van der Waals surface area (Å²) in [6, 6.07) is 9.60. The van der Waals surface area contributed by atoms with Gasteiger partial charge in [-0.1, -0.05) is 12.1 Å². The smallest absolute Gasteiger partial charge is 0.145 e. The second-order valence-corrected chi connectivity index (χ2v) is 10.2. The van der Waals surface area contributed by atoms with Gasteiger partial charge in [-0.2, -0.15) is 0 Å². The largest absolute Gasteiger partial charge is 0.390 e. The normalized spacial score (nSPS) is 28.9. The number of benzene rings is 1. The summed E-state index contributed by atoms with van der Waals surface area (Å²) in [7, 11) is 1.81. The molecule has 0 bridgehead atoms. The van der Waals surface area contributed by atoms with Gasteiger partial charge in [0.2, 0.25) is 0 Å². The fraction of sp³-hybridized carbons (Fsp3) is 0.375. The van der Waals surface area contributed by atoms with Gasteiger partial charge < -0.3 is 30.6 Å². The molecule has 1 spiro atoms. The highest BCUT2D eigenvalue weighted by atomic mass is 79.9. The number of pyridine rings is 1. The van der Waals surface area contributed by atoms with Crippen LogP contribution in [0, 0.1) is 5.41 Å².